The van der Waals surface area contributed by atoms with Gasteiger partial charge in [-0.1, -0.05) is 47.5 Å². The van der Waals surface area contributed by atoms with Crippen LogP contribution in [-0.2, 0) is 0 Å². The number of aliphatic hydroxyl groups excluding tert-OH is 1. The number of halogens is 2. The molecular formula is C25H23Cl2N5O2. The van der Waals surface area contributed by atoms with Crippen LogP contribution in [0.1, 0.15) is 18.4 Å². The minimum absolute atomic E-state index is 0.163. The van der Waals surface area contributed by atoms with Crippen molar-refractivity contribution in [3.05, 3.63) is 76.5 Å². The zero-order valence-corrected chi connectivity index (χ0v) is 19.8. The van der Waals surface area contributed by atoms with Crippen LogP contribution < -0.4 is 10.2 Å². The predicted octanol–water partition coefficient (Wildman–Crippen LogP) is 5.38. The van der Waals surface area contributed by atoms with Gasteiger partial charge in [0.15, 0.2) is 0 Å². The van der Waals surface area contributed by atoms with Crippen LogP contribution in [0, 0.1) is 11.3 Å². The average molecular weight is 496 g/mol. The van der Waals surface area contributed by atoms with Crippen molar-refractivity contribution < 1.29 is 9.90 Å². The van der Waals surface area contributed by atoms with Crippen LogP contribution in [0.4, 0.5) is 16.2 Å². The Kier molecular flexibility index (Phi) is 7.66. The van der Waals surface area contributed by atoms with Crippen LogP contribution in [-0.4, -0.2) is 46.9 Å². The summed E-state index contributed by atoms with van der Waals surface area (Å²) in [4.78, 5) is 20.8. The van der Waals surface area contributed by atoms with Gasteiger partial charge in [-0.05, 0) is 54.3 Å². The number of pyridine rings is 1. The number of urea groups is 1. The van der Waals surface area contributed by atoms with E-state index in [9.17, 15) is 9.90 Å². The smallest absolute Gasteiger partial charge is 0.326 e. The van der Waals surface area contributed by atoms with E-state index in [1.54, 1.807) is 17.0 Å². The number of carbonyl (C=O) groups is 1. The first kappa shape index (κ1) is 24.0. The van der Waals surface area contributed by atoms with Crippen LogP contribution in [0.15, 0.2) is 60.8 Å². The highest BCUT2D eigenvalue weighted by molar-refractivity contribution is 6.41. The number of hydrogen-bond acceptors (Lipinski definition) is 5. The van der Waals surface area contributed by atoms with Gasteiger partial charge in [-0.3, -0.25) is 9.80 Å². The van der Waals surface area contributed by atoms with E-state index in [1.165, 1.54) is 6.20 Å². The third kappa shape index (κ3) is 5.66. The molecule has 0 spiro atoms. The maximum Gasteiger partial charge on any atom is 0.326 e. The van der Waals surface area contributed by atoms with E-state index in [2.05, 4.69) is 16.4 Å². The maximum atomic E-state index is 13.2. The molecule has 2 N–H and O–H groups in total. The molecule has 34 heavy (non-hydrogen) atoms. The molecule has 1 atom stereocenters. The van der Waals surface area contributed by atoms with Gasteiger partial charge >= 0.3 is 6.03 Å². The first-order chi connectivity index (χ1) is 16.4. The number of amides is 2. The zero-order chi connectivity index (χ0) is 24.1. The molecule has 3 aromatic rings. The Bertz CT molecular complexity index is 1210. The van der Waals surface area contributed by atoms with E-state index in [0.717, 1.165) is 30.5 Å². The average Bonchev–Trinajstić information content (AvgIpc) is 3.26. The summed E-state index contributed by atoms with van der Waals surface area (Å²) in [6, 6.07) is 18.3. The standard InChI is InChI=1S/C25H23Cl2N5O2/c26-22-14-20(16-29-24(22)27)30-25(34)32(12-11-31-10-2-5-23(31)33)21-8-6-18(7-9-21)19-4-1-3-17(13-19)15-28/h1,3-4,6-9,13-14,16,23,33H,2,5,10-12H2,(H,30,34)/t23-/m1/s1. The number of anilines is 2. The number of rotatable bonds is 6. The highest BCUT2D eigenvalue weighted by atomic mass is 35.5. The summed E-state index contributed by atoms with van der Waals surface area (Å²) < 4.78 is 0. The molecule has 1 aromatic heterocycles. The number of aliphatic hydroxyl groups is 1. The monoisotopic (exact) mass is 495 g/mol. The highest BCUT2D eigenvalue weighted by Gasteiger charge is 2.24. The fraction of sp³-hybridized carbons (Fsp3) is 0.240. The Morgan fingerprint density at radius 3 is 2.68 bits per heavy atom. The molecule has 2 heterocycles. The van der Waals surface area contributed by atoms with Crippen molar-refractivity contribution in [3.8, 4) is 17.2 Å². The van der Waals surface area contributed by atoms with Crippen molar-refractivity contribution in [2.75, 3.05) is 29.9 Å². The molecule has 1 fully saturated rings. The number of likely N-dealkylation sites (tertiary alicyclic amines) is 1. The molecule has 0 saturated carbocycles. The number of carbonyl (C=O) groups excluding carboxylic acids is 1. The molecule has 4 rings (SSSR count). The van der Waals surface area contributed by atoms with Gasteiger partial charge in [0.2, 0.25) is 0 Å². The summed E-state index contributed by atoms with van der Waals surface area (Å²) in [5.74, 6) is 0. The van der Waals surface area contributed by atoms with Crippen molar-refractivity contribution in [2.45, 2.75) is 19.1 Å². The molecule has 1 aliphatic heterocycles. The molecule has 2 aromatic carbocycles. The molecule has 0 aliphatic carbocycles. The first-order valence-corrected chi connectivity index (χ1v) is 11.6. The quantitative estimate of drug-likeness (QED) is 0.447. The Morgan fingerprint density at radius 2 is 2.00 bits per heavy atom. The number of nitriles is 1. The van der Waals surface area contributed by atoms with Crippen molar-refractivity contribution in [2.24, 2.45) is 0 Å². The van der Waals surface area contributed by atoms with Gasteiger partial charge in [0.1, 0.15) is 11.4 Å². The number of hydrogen-bond donors (Lipinski definition) is 2. The summed E-state index contributed by atoms with van der Waals surface area (Å²) in [7, 11) is 0. The van der Waals surface area contributed by atoms with Crippen LogP contribution in [0.3, 0.4) is 0 Å². The van der Waals surface area contributed by atoms with E-state index in [0.29, 0.717) is 30.0 Å². The summed E-state index contributed by atoms with van der Waals surface area (Å²) in [5.41, 5.74) is 3.56. The van der Waals surface area contributed by atoms with Crippen molar-refractivity contribution >= 4 is 40.6 Å². The highest BCUT2D eigenvalue weighted by Crippen LogP contribution is 2.26. The van der Waals surface area contributed by atoms with Crippen LogP contribution in [0.25, 0.3) is 11.1 Å². The predicted molar refractivity (Wildman–Crippen MR) is 134 cm³/mol. The lowest BCUT2D eigenvalue weighted by molar-refractivity contribution is 0.0405. The minimum atomic E-state index is -0.487. The lowest BCUT2D eigenvalue weighted by Gasteiger charge is -2.27. The molecule has 7 nitrogen and oxygen atoms in total. The summed E-state index contributed by atoms with van der Waals surface area (Å²) >= 11 is 11.9. The second-order valence-corrected chi connectivity index (χ2v) is 8.74. The van der Waals surface area contributed by atoms with Gasteiger partial charge in [0, 0.05) is 25.3 Å². The normalized spacial score (nSPS) is 15.6. The molecule has 9 heteroatoms. The van der Waals surface area contributed by atoms with E-state index in [-0.39, 0.29) is 16.2 Å². The first-order valence-electron chi connectivity index (χ1n) is 10.9. The maximum absolute atomic E-state index is 13.2. The number of nitrogens with one attached hydrogen (secondary N) is 1. The van der Waals surface area contributed by atoms with Crippen molar-refractivity contribution in [3.63, 3.8) is 0 Å². The SMILES string of the molecule is N#Cc1cccc(-c2ccc(N(CCN3CCC[C@H]3O)C(=O)Nc3cnc(Cl)c(Cl)c3)cc2)c1. The molecule has 0 radical (unpaired) electrons. The molecule has 0 unspecified atom stereocenters. The summed E-state index contributed by atoms with van der Waals surface area (Å²) in [5, 5.41) is 22.6. The molecule has 1 aliphatic rings. The van der Waals surface area contributed by atoms with Gasteiger partial charge in [0.25, 0.3) is 0 Å². The van der Waals surface area contributed by atoms with Gasteiger partial charge in [-0.2, -0.15) is 5.26 Å². The zero-order valence-electron chi connectivity index (χ0n) is 18.3. The molecule has 0 bridgehead atoms. The second-order valence-electron chi connectivity index (χ2n) is 7.98. The third-order valence-corrected chi connectivity index (χ3v) is 6.42. The fourth-order valence-electron chi connectivity index (χ4n) is 3.93. The Labute approximate surface area is 208 Å². The van der Waals surface area contributed by atoms with Gasteiger partial charge in [-0.15, -0.1) is 0 Å². The molecular weight excluding hydrogens is 473 g/mol. The Balaban J connectivity index is 1.56. The Hall–Kier alpha value is -3.15. The van der Waals surface area contributed by atoms with Crippen LogP contribution >= 0.6 is 23.2 Å². The van der Waals surface area contributed by atoms with E-state index < -0.39 is 6.23 Å². The third-order valence-electron chi connectivity index (χ3n) is 5.74. The number of aromatic nitrogens is 1. The summed E-state index contributed by atoms with van der Waals surface area (Å²) in [6.45, 7) is 1.70. The van der Waals surface area contributed by atoms with Crippen LogP contribution in [0.2, 0.25) is 10.2 Å². The molecule has 2 amide bonds. The topological polar surface area (TPSA) is 92.5 Å². The van der Waals surface area contributed by atoms with Crippen LogP contribution in [0.5, 0.6) is 0 Å². The van der Waals surface area contributed by atoms with Gasteiger partial charge in [-0.25, -0.2) is 9.78 Å². The molecule has 1 saturated heterocycles. The minimum Gasteiger partial charge on any atom is -0.378 e. The number of benzene rings is 2. The van der Waals surface area contributed by atoms with E-state index in [1.807, 2.05) is 47.4 Å². The second kappa shape index (κ2) is 10.9. The van der Waals surface area contributed by atoms with E-state index in [4.69, 9.17) is 28.5 Å². The van der Waals surface area contributed by atoms with Crippen molar-refractivity contribution in [1.82, 2.24) is 9.88 Å². The lowest BCUT2D eigenvalue weighted by Crippen LogP contribution is -2.42. The summed E-state index contributed by atoms with van der Waals surface area (Å²) in [6.07, 6.45) is 2.62. The Morgan fingerprint density at radius 1 is 1.21 bits per heavy atom. The molecule has 174 valence electrons. The largest absolute Gasteiger partial charge is 0.378 e. The lowest BCUT2D eigenvalue weighted by atomic mass is 10.0. The van der Waals surface area contributed by atoms with Gasteiger partial charge in [0.05, 0.1) is 28.5 Å². The van der Waals surface area contributed by atoms with E-state index >= 15 is 0 Å². The van der Waals surface area contributed by atoms with Gasteiger partial charge < -0.3 is 10.4 Å². The number of nitrogens with zero attached hydrogens (tertiary/aromatic N) is 4. The van der Waals surface area contributed by atoms with Crippen molar-refractivity contribution in [1.29, 1.82) is 5.26 Å². The fourth-order valence-corrected chi connectivity index (χ4v) is 4.20.